The van der Waals surface area contributed by atoms with Gasteiger partial charge in [-0.2, -0.15) is 0 Å². The summed E-state index contributed by atoms with van der Waals surface area (Å²) in [5, 5.41) is 0.577. The van der Waals surface area contributed by atoms with E-state index in [9.17, 15) is 9.59 Å². The van der Waals surface area contributed by atoms with Crippen molar-refractivity contribution in [2.24, 2.45) is 4.99 Å². The predicted molar refractivity (Wildman–Crippen MR) is 118 cm³/mol. The van der Waals surface area contributed by atoms with Crippen LogP contribution in [0.3, 0.4) is 0 Å². The van der Waals surface area contributed by atoms with Crippen LogP contribution in [0.15, 0.2) is 75.7 Å². The lowest BCUT2D eigenvalue weighted by atomic mass is 9.96. The molecule has 0 saturated heterocycles. The van der Waals surface area contributed by atoms with Crippen LogP contribution in [0.5, 0.6) is 0 Å². The summed E-state index contributed by atoms with van der Waals surface area (Å²) in [6, 6.07) is 16.1. The van der Waals surface area contributed by atoms with Crippen molar-refractivity contribution < 1.29 is 9.53 Å². The first-order chi connectivity index (χ1) is 14.5. The number of esters is 1. The van der Waals surface area contributed by atoms with E-state index in [0.29, 0.717) is 25.6 Å². The number of carbonyl (C=O) groups is 1. The van der Waals surface area contributed by atoms with Gasteiger partial charge in [0.1, 0.15) is 0 Å². The third kappa shape index (κ3) is 3.76. The molecule has 0 amide bonds. The van der Waals surface area contributed by atoms with Gasteiger partial charge in [-0.15, -0.1) is 0 Å². The summed E-state index contributed by atoms with van der Waals surface area (Å²) in [5.74, 6) is -0.476. The molecule has 0 fully saturated rings. The molecule has 0 radical (unpaired) electrons. The largest absolute Gasteiger partial charge is 0.463 e. The summed E-state index contributed by atoms with van der Waals surface area (Å²) in [7, 11) is 0. The lowest BCUT2D eigenvalue weighted by molar-refractivity contribution is -0.139. The quantitative estimate of drug-likeness (QED) is 0.586. The normalized spacial score (nSPS) is 16.2. The van der Waals surface area contributed by atoms with Gasteiger partial charge in [0.2, 0.25) is 0 Å². The number of ether oxygens (including phenoxy) is 1. The van der Waals surface area contributed by atoms with E-state index in [1.807, 2.05) is 48.5 Å². The molecule has 30 heavy (non-hydrogen) atoms. The standard InChI is InChI=1S/C23H19ClN2O3S/c1-3-29-22(28)19-14(2)25-23-26(20(19)16-9-11-17(24)12-10-16)21(27)18(30-23)13-15-7-5-4-6-8-15/h4-13,20H,3H2,1-2H3/b18-13+/t20-/m1/s1. The van der Waals surface area contributed by atoms with Crippen LogP contribution < -0.4 is 14.9 Å². The molecule has 0 saturated carbocycles. The number of rotatable bonds is 4. The zero-order valence-electron chi connectivity index (χ0n) is 16.5. The van der Waals surface area contributed by atoms with Crippen LogP contribution >= 0.6 is 22.9 Å². The molecule has 7 heteroatoms. The number of hydrogen-bond acceptors (Lipinski definition) is 5. The highest BCUT2D eigenvalue weighted by atomic mass is 35.5. The van der Waals surface area contributed by atoms with Crippen LogP contribution in [0.25, 0.3) is 6.08 Å². The summed E-state index contributed by atoms with van der Waals surface area (Å²) >= 11 is 7.37. The zero-order chi connectivity index (χ0) is 21.3. The highest BCUT2D eigenvalue weighted by Gasteiger charge is 2.33. The third-order valence-corrected chi connectivity index (χ3v) is 6.04. The Balaban J connectivity index is 1.96. The number of benzene rings is 2. The molecule has 1 aliphatic heterocycles. The molecule has 1 atom stereocenters. The molecule has 2 aromatic carbocycles. The minimum atomic E-state index is -0.629. The molecule has 5 nitrogen and oxygen atoms in total. The average molecular weight is 439 g/mol. The Morgan fingerprint density at radius 1 is 1.20 bits per heavy atom. The van der Waals surface area contributed by atoms with E-state index in [4.69, 9.17) is 16.3 Å². The number of thiazole rings is 1. The van der Waals surface area contributed by atoms with Crippen LogP contribution in [0.2, 0.25) is 5.02 Å². The second-order valence-corrected chi connectivity index (χ2v) is 8.21. The molecule has 4 rings (SSSR count). The van der Waals surface area contributed by atoms with E-state index in [1.165, 1.54) is 11.3 Å². The van der Waals surface area contributed by atoms with E-state index < -0.39 is 12.0 Å². The van der Waals surface area contributed by atoms with Crippen LogP contribution in [-0.4, -0.2) is 17.1 Å². The van der Waals surface area contributed by atoms with Gasteiger partial charge in [0.15, 0.2) is 4.80 Å². The molecule has 152 valence electrons. The number of allylic oxidation sites excluding steroid dienone is 1. The minimum Gasteiger partial charge on any atom is -0.463 e. The third-order valence-electron chi connectivity index (χ3n) is 4.80. The average Bonchev–Trinajstić information content (AvgIpc) is 3.03. The molecule has 0 spiro atoms. The van der Waals surface area contributed by atoms with Crippen molar-refractivity contribution in [1.82, 2.24) is 4.57 Å². The van der Waals surface area contributed by atoms with Gasteiger partial charge in [0, 0.05) is 5.02 Å². The number of halogens is 1. The second kappa shape index (κ2) is 8.42. The highest BCUT2D eigenvalue weighted by molar-refractivity contribution is 7.07. The Hall–Kier alpha value is -2.96. The Labute approximate surface area is 182 Å². The van der Waals surface area contributed by atoms with Crippen LogP contribution in [0, 0.1) is 0 Å². The van der Waals surface area contributed by atoms with E-state index in [2.05, 4.69) is 4.99 Å². The Bertz CT molecular complexity index is 1310. The maximum atomic E-state index is 13.4. The van der Waals surface area contributed by atoms with Gasteiger partial charge in [0.05, 0.1) is 28.5 Å². The molecule has 2 heterocycles. The molecule has 0 aliphatic carbocycles. The lowest BCUT2D eigenvalue weighted by Crippen LogP contribution is -2.39. The van der Waals surface area contributed by atoms with Crippen LogP contribution in [0.4, 0.5) is 0 Å². The van der Waals surface area contributed by atoms with Gasteiger partial charge >= 0.3 is 5.97 Å². The first-order valence-corrected chi connectivity index (χ1v) is 10.7. The van der Waals surface area contributed by atoms with Gasteiger partial charge in [0.25, 0.3) is 5.56 Å². The van der Waals surface area contributed by atoms with Crippen LogP contribution in [0.1, 0.15) is 31.0 Å². The number of carbonyl (C=O) groups excluding carboxylic acids is 1. The minimum absolute atomic E-state index is 0.197. The Morgan fingerprint density at radius 3 is 2.57 bits per heavy atom. The van der Waals surface area contributed by atoms with E-state index in [0.717, 1.165) is 11.1 Å². The molecular formula is C23H19ClN2O3S. The van der Waals surface area contributed by atoms with E-state index in [1.54, 1.807) is 30.5 Å². The second-order valence-electron chi connectivity index (χ2n) is 6.76. The number of nitrogens with zero attached hydrogens (tertiary/aromatic N) is 2. The van der Waals surface area contributed by atoms with Crippen molar-refractivity contribution in [2.45, 2.75) is 19.9 Å². The maximum absolute atomic E-state index is 13.4. The van der Waals surface area contributed by atoms with Crippen molar-refractivity contribution in [3.05, 3.63) is 102 Å². The van der Waals surface area contributed by atoms with Gasteiger partial charge in [-0.1, -0.05) is 65.4 Å². The molecule has 0 N–H and O–H groups in total. The number of aromatic nitrogens is 1. The fraction of sp³-hybridized carbons (Fsp3) is 0.174. The van der Waals surface area contributed by atoms with Crippen molar-refractivity contribution >= 4 is 35.0 Å². The van der Waals surface area contributed by atoms with Gasteiger partial charge < -0.3 is 4.74 Å². The van der Waals surface area contributed by atoms with Crippen molar-refractivity contribution in [2.75, 3.05) is 6.61 Å². The number of fused-ring (bicyclic) bond motifs is 1. The Morgan fingerprint density at radius 2 is 1.90 bits per heavy atom. The van der Waals surface area contributed by atoms with Crippen molar-refractivity contribution in [1.29, 1.82) is 0 Å². The van der Waals surface area contributed by atoms with Crippen LogP contribution in [-0.2, 0) is 9.53 Å². The molecular weight excluding hydrogens is 420 g/mol. The van der Waals surface area contributed by atoms with Crippen molar-refractivity contribution in [3.63, 3.8) is 0 Å². The molecule has 0 bridgehead atoms. The summed E-state index contributed by atoms with van der Waals surface area (Å²) < 4.78 is 7.41. The number of hydrogen-bond donors (Lipinski definition) is 0. The van der Waals surface area contributed by atoms with Crippen molar-refractivity contribution in [3.8, 4) is 0 Å². The van der Waals surface area contributed by atoms with E-state index in [-0.39, 0.29) is 12.2 Å². The topological polar surface area (TPSA) is 60.7 Å². The fourth-order valence-corrected chi connectivity index (χ4v) is 4.63. The first-order valence-electron chi connectivity index (χ1n) is 9.49. The highest BCUT2D eigenvalue weighted by Crippen LogP contribution is 2.31. The summed E-state index contributed by atoms with van der Waals surface area (Å²) in [6.45, 7) is 3.75. The smallest absolute Gasteiger partial charge is 0.338 e. The molecule has 1 aromatic heterocycles. The first kappa shape index (κ1) is 20.3. The molecule has 0 unspecified atom stereocenters. The Kier molecular flexibility index (Phi) is 5.70. The molecule has 1 aliphatic rings. The van der Waals surface area contributed by atoms with Gasteiger partial charge in [-0.25, -0.2) is 9.79 Å². The van der Waals surface area contributed by atoms with Gasteiger partial charge in [-0.3, -0.25) is 9.36 Å². The summed E-state index contributed by atoms with van der Waals surface area (Å²) in [6.07, 6.45) is 1.84. The molecule has 3 aromatic rings. The maximum Gasteiger partial charge on any atom is 0.338 e. The monoisotopic (exact) mass is 438 g/mol. The predicted octanol–water partition coefficient (Wildman–Crippen LogP) is 3.45. The van der Waals surface area contributed by atoms with Gasteiger partial charge in [-0.05, 0) is 43.2 Å². The summed E-state index contributed by atoms with van der Waals surface area (Å²) in [4.78, 5) is 31.3. The summed E-state index contributed by atoms with van der Waals surface area (Å²) in [5.41, 5.74) is 2.40. The van der Waals surface area contributed by atoms with E-state index >= 15 is 0 Å². The zero-order valence-corrected chi connectivity index (χ0v) is 18.0. The SMILES string of the molecule is CCOC(=O)C1=C(C)N=c2s/c(=C/c3ccccc3)c(=O)n2[C@@H]1c1ccc(Cl)cc1. The fourth-order valence-electron chi connectivity index (χ4n) is 3.45. The lowest BCUT2D eigenvalue weighted by Gasteiger charge is -2.24.